The van der Waals surface area contributed by atoms with Gasteiger partial charge in [-0.1, -0.05) is 13.8 Å². The van der Waals surface area contributed by atoms with Gasteiger partial charge in [0, 0.05) is 18.5 Å². The van der Waals surface area contributed by atoms with Crippen molar-refractivity contribution in [1.29, 1.82) is 0 Å². The van der Waals surface area contributed by atoms with E-state index in [1.165, 1.54) is 12.8 Å². The zero-order valence-corrected chi connectivity index (χ0v) is 13.5. The van der Waals surface area contributed by atoms with Crippen molar-refractivity contribution in [3.8, 4) is 5.75 Å². The molecule has 2 rings (SSSR count). The van der Waals surface area contributed by atoms with Crippen LogP contribution in [0.15, 0.2) is 18.2 Å². The van der Waals surface area contributed by atoms with E-state index in [1.807, 2.05) is 18.2 Å². The first kappa shape index (κ1) is 16.0. The maximum atomic E-state index is 12.4. The smallest absolute Gasteiger partial charge is 0.164 e. The first-order chi connectivity index (χ1) is 10.1. The normalized spacial score (nSPS) is 16.9. The fraction of sp³-hybridized carbons (Fsp3) is 0.611. The third-order valence-corrected chi connectivity index (χ3v) is 4.51. The van der Waals surface area contributed by atoms with E-state index < -0.39 is 0 Å². The summed E-state index contributed by atoms with van der Waals surface area (Å²) in [5.41, 5.74) is 1.92. The quantitative estimate of drug-likeness (QED) is 0.750. The lowest BCUT2D eigenvalue weighted by atomic mass is 9.98. The van der Waals surface area contributed by atoms with Crippen molar-refractivity contribution in [2.45, 2.75) is 39.5 Å². The monoisotopic (exact) mass is 289 g/mol. The van der Waals surface area contributed by atoms with Crippen LogP contribution < -0.4 is 4.74 Å². The summed E-state index contributed by atoms with van der Waals surface area (Å²) >= 11 is 0. The van der Waals surface area contributed by atoms with Gasteiger partial charge in [-0.15, -0.1) is 0 Å². The molecule has 0 amide bonds. The second-order valence-corrected chi connectivity index (χ2v) is 6.08. The summed E-state index contributed by atoms with van der Waals surface area (Å²) in [6.45, 7) is 7.56. The number of hydrogen-bond donors (Lipinski definition) is 0. The molecule has 3 nitrogen and oxygen atoms in total. The summed E-state index contributed by atoms with van der Waals surface area (Å²) in [6.07, 6.45) is 4.02. The van der Waals surface area contributed by atoms with Crippen LogP contribution in [-0.2, 0) is 6.42 Å². The van der Waals surface area contributed by atoms with Gasteiger partial charge in [0.05, 0.1) is 7.11 Å². The molecule has 116 valence electrons. The Morgan fingerprint density at radius 3 is 2.67 bits per heavy atom. The predicted molar refractivity (Wildman–Crippen MR) is 86.2 cm³/mol. The third kappa shape index (κ3) is 4.31. The van der Waals surface area contributed by atoms with Crippen LogP contribution >= 0.6 is 0 Å². The number of likely N-dealkylation sites (tertiary alicyclic amines) is 1. The number of methoxy groups -OCH3 is 1. The van der Waals surface area contributed by atoms with Gasteiger partial charge in [0.1, 0.15) is 5.75 Å². The number of ketones is 1. The van der Waals surface area contributed by atoms with Crippen LogP contribution in [0.5, 0.6) is 5.75 Å². The summed E-state index contributed by atoms with van der Waals surface area (Å²) in [5.74, 6) is 1.95. The van der Waals surface area contributed by atoms with Crippen LogP contribution in [0.25, 0.3) is 0 Å². The highest BCUT2D eigenvalue weighted by Crippen LogP contribution is 2.21. The predicted octanol–water partition coefficient (Wildman–Crippen LogP) is 3.56. The van der Waals surface area contributed by atoms with E-state index in [0.29, 0.717) is 6.42 Å². The molecule has 1 aliphatic rings. The van der Waals surface area contributed by atoms with Gasteiger partial charge in [-0.3, -0.25) is 4.79 Å². The highest BCUT2D eigenvalue weighted by molar-refractivity contribution is 5.96. The number of rotatable bonds is 6. The summed E-state index contributed by atoms with van der Waals surface area (Å²) < 4.78 is 5.32. The average molecular weight is 289 g/mol. The number of ether oxygens (including phenoxy) is 1. The molecular formula is C18H27NO2. The lowest BCUT2D eigenvalue weighted by Crippen LogP contribution is -2.34. The molecule has 0 radical (unpaired) electrons. The highest BCUT2D eigenvalue weighted by atomic mass is 16.5. The van der Waals surface area contributed by atoms with Gasteiger partial charge in [-0.2, -0.15) is 0 Å². The molecule has 1 aromatic rings. The zero-order chi connectivity index (χ0) is 15.2. The molecule has 0 spiro atoms. The maximum absolute atomic E-state index is 12.4. The number of carbonyl (C=O) groups excluding carboxylic acids is 1. The van der Waals surface area contributed by atoms with E-state index in [1.54, 1.807) is 7.11 Å². The molecule has 1 fully saturated rings. The van der Waals surface area contributed by atoms with Gasteiger partial charge >= 0.3 is 0 Å². The van der Waals surface area contributed by atoms with Crippen LogP contribution in [0.2, 0.25) is 0 Å². The maximum Gasteiger partial charge on any atom is 0.164 e. The minimum absolute atomic E-state index is 0.242. The van der Waals surface area contributed by atoms with Crippen LogP contribution in [0.3, 0.4) is 0 Å². The summed E-state index contributed by atoms with van der Waals surface area (Å²) in [4.78, 5) is 14.8. The van der Waals surface area contributed by atoms with E-state index in [2.05, 4.69) is 18.7 Å². The number of carbonyl (C=O) groups is 1. The van der Waals surface area contributed by atoms with Crippen LogP contribution in [0.4, 0.5) is 0 Å². The van der Waals surface area contributed by atoms with Crippen molar-refractivity contribution in [2.75, 3.05) is 26.7 Å². The Balaban J connectivity index is 1.91. The molecule has 3 heteroatoms. The number of benzene rings is 1. The minimum atomic E-state index is 0.242. The van der Waals surface area contributed by atoms with Crippen molar-refractivity contribution in [3.05, 3.63) is 29.3 Å². The second-order valence-electron chi connectivity index (χ2n) is 6.08. The van der Waals surface area contributed by atoms with Gasteiger partial charge < -0.3 is 9.64 Å². The Morgan fingerprint density at radius 1 is 1.33 bits per heavy atom. The Kier molecular flexibility index (Phi) is 5.80. The molecule has 1 aliphatic heterocycles. The Labute approximate surface area is 128 Å². The number of nitrogens with zero attached hydrogens (tertiary/aromatic N) is 1. The molecule has 1 heterocycles. The Bertz CT molecular complexity index is 476. The van der Waals surface area contributed by atoms with E-state index in [0.717, 1.165) is 48.8 Å². The van der Waals surface area contributed by atoms with Crippen molar-refractivity contribution in [2.24, 2.45) is 5.92 Å². The molecule has 0 aromatic heterocycles. The van der Waals surface area contributed by atoms with Gasteiger partial charge in [-0.25, -0.2) is 0 Å². The molecule has 0 aliphatic carbocycles. The third-order valence-electron chi connectivity index (χ3n) is 4.51. The van der Waals surface area contributed by atoms with Crippen molar-refractivity contribution in [3.63, 3.8) is 0 Å². The molecule has 21 heavy (non-hydrogen) atoms. The largest absolute Gasteiger partial charge is 0.496 e. The first-order valence-corrected chi connectivity index (χ1v) is 8.06. The SMILES string of the molecule is CCc1cc(C(=O)CCN2CCC(C)CC2)ccc1OC. The standard InChI is InChI=1S/C18H27NO2/c1-4-15-13-16(5-6-18(15)21-3)17(20)9-12-19-10-7-14(2)8-11-19/h5-6,13-14H,4,7-12H2,1-3H3. The summed E-state index contributed by atoms with van der Waals surface area (Å²) in [6, 6.07) is 5.78. The Hall–Kier alpha value is -1.35. The number of hydrogen-bond acceptors (Lipinski definition) is 3. The van der Waals surface area contributed by atoms with Crippen LogP contribution in [0.1, 0.15) is 49.0 Å². The highest BCUT2D eigenvalue weighted by Gasteiger charge is 2.17. The van der Waals surface area contributed by atoms with Crippen LogP contribution in [0, 0.1) is 5.92 Å². The van der Waals surface area contributed by atoms with Gasteiger partial charge in [0.2, 0.25) is 0 Å². The van der Waals surface area contributed by atoms with Gasteiger partial charge in [0.15, 0.2) is 5.78 Å². The van der Waals surface area contributed by atoms with E-state index in [-0.39, 0.29) is 5.78 Å². The molecule has 0 unspecified atom stereocenters. The molecule has 0 saturated carbocycles. The summed E-state index contributed by atoms with van der Waals surface area (Å²) in [5, 5.41) is 0. The van der Waals surface area contributed by atoms with Crippen molar-refractivity contribution < 1.29 is 9.53 Å². The number of Topliss-reactive ketones (excluding diaryl/α,β-unsaturated/α-hetero) is 1. The molecule has 1 saturated heterocycles. The van der Waals surface area contributed by atoms with Gasteiger partial charge in [0.25, 0.3) is 0 Å². The topological polar surface area (TPSA) is 29.5 Å². The molecule has 1 aromatic carbocycles. The first-order valence-electron chi connectivity index (χ1n) is 8.06. The van der Waals surface area contributed by atoms with Crippen molar-refractivity contribution >= 4 is 5.78 Å². The lowest BCUT2D eigenvalue weighted by molar-refractivity contribution is 0.0952. The fourth-order valence-electron chi connectivity index (χ4n) is 2.92. The molecular weight excluding hydrogens is 262 g/mol. The lowest BCUT2D eigenvalue weighted by Gasteiger charge is -2.29. The van der Waals surface area contributed by atoms with E-state index in [9.17, 15) is 4.79 Å². The average Bonchev–Trinajstić information content (AvgIpc) is 2.53. The van der Waals surface area contributed by atoms with E-state index >= 15 is 0 Å². The Morgan fingerprint density at radius 2 is 2.05 bits per heavy atom. The number of aryl methyl sites for hydroxylation is 1. The zero-order valence-electron chi connectivity index (χ0n) is 13.5. The van der Waals surface area contributed by atoms with Crippen molar-refractivity contribution in [1.82, 2.24) is 4.90 Å². The van der Waals surface area contributed by atoms with Crippen LogP contribution in [-0.4, -0.2) is 37.4 Å². The summed E-state index contributed by atoms with van der Waals surface area (Å²) in [7, 11) is 1.67. The fourth-order valence-corrected chi connectivity index (χ4v) is 2.92. The van der Waals surface area contributed by atoms with Gasteiger partial charge in [-0.05, 0) is 62.0 Å². The molecule has 0 N–H and O–H groups in total. The molecule has 0 atom stereocenters. The second kappa shape index (κ2) is 7.60. The van der Waals surface area contributed by atoms with E-state index in [4.69, 9.17) is 4.74 Å². The molecule has 0 bridgehead atoms. The number of piperidine rings is 1. The minimum Gasteiger partial charge on any atom is -0.496 e.